The van der Waals surface area contributed by atoms with Crippen LogP contribution in [0.1, 0.15) is 36.1 Å². The highest BCUT2D eigenvalue weighted by Crippen LogP contribution is 2.59. The molecule has 1 aromatic rings. The Morgan fingerprint density at radius 1 is 1.06 bits per heavy atom. The molecule has 1 aliphatic carbocycles. The van der Waals surface area contributed by atoms with Gasteiger partial charge in [-0.15, -0.1) is 0 Å². The summed E-state index contributed by atoms with van der Waals surface area (Å²) in [7, 11) is 0. The first kappa shape index (κ1) is 12.6. The van der Waals surface area contributed by atoms with Crippen molar-refractivity contribution in [3.8, 4) is 0 Å². The lowest BCUT2D eigenvalue weighted by atomic mass is 9.93. The van der Waals surface area contributed by atoms with Gasteiger partial charge in [0.05, 0.1) is 0 Å². The molecule has 0 bridgehead atoms. The fourth-order valence-corrected chi connectivity index (χ4v) is 3.48. The molecule has 0 aliphatic heterocycles. The van der Waals surface area contributed by atoms with Crippen molar-refractivity contribution in [2.75, 3.05) is 6.54 Å². The van der Waals surface area contributed by atoms with Gasteiger partial charge in [0.15, 0.2) is 0 Å². The van der Waals surface area contributed by atoms with E-state index in [0.717, 1.165) is 12.5 Å². The summed E-state index contributed by atoms with van der Waals surface area (Å²) in [6, 6.07) is 4.60. The molecule has 17 heavy (non-hydrogen) atoms. The Morgan fingerprint density at radius 2 is 1.59 bits per heavy atom. The molecule has 2 N–H and O–H groups in total. The number of hydrogen-bond acceptors (Lipinski definition) is 1. The van der Waals surface area contributed by atoms with Crippen LogP contribution in [0, 0.1) is 38.0 Å². The van der Waals surface area contributed by atoms with Crippen LogP contribution in [0.15, 0.2) is 12.1 Å². The molecule has 1 aliphatic rings. The third-order valence-electron chi connectivity index (χ3n) is 4.81. The minimum atomic E-state index is 0.443. The molecule has 0 spiro atoms. The Labute approximate surface area is 105 Å². The molecule has 2 atom stereocenters. The monoisotopic (exact) mass is 231 g/mol. The highest BCUT2D eigenvalue weighted by Gasteiger charge is 2.56. The van der Waals surface area contributed by atoms with E-state index in [1.54, 1.807) is 5.56 Å². The van der Waals surface area contributed by atoms with Crippen molar-refractivity contribution in [2.45, 2.75) is 41.0 Å². The van der Waals surface area contributed by atoms with Crippen molar-refractivity contribution in [3.63, 3.8) is 0 Å². The summed E-state index contributed by atoms with van der Waals surface area (Å²) in [4.78, 5) is 0. The second-order valence-corrected chi connectivity index (χ2v) is 6.35. The van der Waals surface area contributed by atoms with Gasteiger partial charge < -0.3 is 5.73 Å². The Morgan fingerprint density at radius 3 is 2.00 bits per heavy atom. The lowest BCUT2D eigenvalue weighted by Gasteiger charge is -2.12. The Hall–Kier alpha value is -0.820. The van der Waals surface area contributed by atoms with E-state index in [1.807, 2.05) is 0 Å². The van der Waals surface area contributed by atoms with Gasteiger partial charge >= 0.3 is 0 Å². The van der Waals surface area contributed by atoms with Crippen LogP contribution in [-0.4, -0.2) is 6.54 Å². The molecule has 1 fully saturated rings. The van der Waals surface area contributed by atoms with Crippen LogP contribution in [0.5, 0.6) is 0 Å². The van der Waals surface area contributed by atoms with Crippen molar-refractivity contribution in [1.29, 1.82) is 0 Å². The van der Waals surface area contributed by atoms with Gasteiger partial charge in [-0.1, -0.05) is 31.5 Å². The average molecular weight is 231 g/mol. The minimum Gasteiger partial charge on any atom is -0.330 e. The SMILES string of the molecule is Cc1cc(C)c(C[C@@H]2[C@@H](CN)C2(C)C)c(C)c1. The van der Waals surface area contributed by atoms with Crippen molar-refractivity contribution >= 4 is 0 Å². The first-order chi connectivity index (χ1) is 7.87. The average Bonchev–Trinajstić information content (AvgIpc) is 2.73. The number of rotatable bonds is 3. The van der Waals surface area contributed by atoms with E-state index in [0.29, 0.717) is 11.3 Å². The van der Waals surface area contributed by atoms with Crippen molar-refractivity contribution < 1.29 is 0 Å². The summed E-state index contributed by atoms with van der Waals surface area (Å²) in [6.45, 7) is 12.2. The molecule has 0 heterocycles. The first-order valence-corrected chi connectivity index (χ1v) is 6.64. The van der Waals surface area contributed by atoms with Crippen LogP contribution in [-0.2, 0) is 6.42 Å². The lowest BCUT2D eigenvalue weighted by molar-refractivity contribution is 0.535. The van der Waals surface area contributed by atoms with E-state index in [-0.39, 0.29) is 0 Å². The third kappa shape index (κ3) is 2.13. The van der Waals surface area contributed by atoms with Crippen LogP contribution in [0.4, 0.5) is 0 Å². The minimum absolute atomic E-state index is 0.443. The zero-order valence-electron chi connectivity index (χ0n) is 11.8. The summed E-state index contributed by atoms with van der Waals surface area (Å²) in [5, 5.41) is 0. The van der Waals surface area contributed by atoms with Gasteiger partial charge in [0, 0.05) is 0 Å². The van der Waals surface area contributed by atoms with Crippen LogP contribution in [0.2, 0.25) is 0 Å². The molecule has 1 aromatic carbocycles. The topological polar surface area (TPSA) is 26.0 Å². The van der Waals surface area contributed by atoms with Gasteiger partial charge in [0.1, 0.15) is 0 Å². The molecule has 1 saturated carbocycles. The van der Waals surface area contributed by atoms with E-state index in [1.165, 1.54) is 23.1 Å². The highest BCUT2D eigenvalue weighted by atomic mass is 14.7. The summed E-state index contributed by atoms with van der Waals surface area (Å²) >= 11 is 0. The zero-order chi connectivity index (χ0) is 12.8. The second-order valence-electron chi connectivity index (χ2n) is 6.35. The fourth-order valence-electron chi connectivity index (χ4n) is 3.48. The smallest absolute Gasteiger partial charge is 0.00407 e. The van der Waals surface area contributed by atoms with Gasteiger partial charge in [-0.25, -0.2) is 0 Å². The normalized spacial score (nSPS) is 26.0. The molecule has 0 radical (unpaired) electrons. The van der Waals surface area contributed by atoms with Crippen LogP contribution in [0.3, 0.4) is 0 Å². The van der Waals surface area contributed by atoms with E-state index >= 15 is 0 Å². The molecule has 0 amide bonds. The molecule has 1 nitrogen and oxygen atoms in total. The van der Waals surface area contributed by atoms with E-state index in [9.17, 15) is 0 Å². The van der Waals surface area contributed by atoms with Crippen molar-refractivity contribution in [2.24, 2.45) is 23.0 Å². The van der Waals surface area contributed by atoms with Gasteiger partial charge in [-0.2, -0.15) is 0 Å². The quantitative estimate of drug-likeness (QED) is 0.848. The third-order valence-corrected chi connectivity index (χ3v) is 4.81. The molecule has 0 saturated heterocycles. The second kappa shape index (κ2) is 4.13. The predicted octanol–water partition coefficient (Wildman–Crippen LogP) is 3.39. The number of nitrogens with two attached hydrogens (primary N) is 1. The van der Waals surface area contributed by atoms with E-state index in [2.05, 4.69) is 46.8 Å². The molecule has 2 rings (SSSR count). The number of aryl methyl sites for hydroxylation is 3. The van der Waals surface area contributed by atoms with Gasteiger partial charge in [-0.05, 0) is 67.7 Å². The van der Waals surface area contributed by atoms with Gasteiger partial charge in [0.25, 0.3) is 0 Å². The maximum Gasteiger partial charge on any atom is -0.00407 e. The zero-order valence-corrected chi connectivity index (χ0v) is 11.8. The van der Waals surface area contributed by atoms with Gasteiger partial charge in [0.2, 0.25) is 0 Å². The lowest BCUT2D eigenvalue weighted by Crippen LogP contribution is -2.05. The maximum absolute atomic E-state index is 5.85. The molecule has 0 aromatic heterocycles. The van der Waals surface area contributed by atoms with Crippen LogP contribution in [0.25, 0.3) is 0 Å². The van der Waals surface area contributed by atoms with Crippen molar-refractivity contribution in [3.05, 3.63) is 34.4 Å². The predicted molar refractivity (Wildman–Crippen MR) is 74.2 cm³/mol. The number of hydrogen-bond donors (Lipinski definition) is 1. The van der Waals surface area contributed by atoms with Crippen molar-refractivity contribution in [1.82, 2.24) is 0 Å². The molecule has 94 valence electrons. The molecular weight excluding hydrogens is 206 g/mol. The Balaban J connectivity index is 2.21. The Kier molecular flexibility index (Phi) is 3.07. The maximum atomic E-state index is 5.85. The van der Waals surface area contributed by atoms with Gasteiger partial charge in [-0.3, -0.25) is 0 Å². The highest BCUT2D eigenvalue weighted by molar-refractivity contribution is 5.38. The van der Waals surface area contributed by atoms with Crippen LogP contribution >= 0.6 is 0 Å². The van der Waals surface area contributed by atoms with E-state index in [4.69, 9.17) is 5.73 Å². The van der Waals surface area contributed by atoms with Crippen LogP contribution < -0.4 is 5.73 Å². The summed E-state index contributed by atoms with van der Waals surface area (Å²) in [6.07, 6.45) is 1.20. The molecule has 1 heteroatoms. The number of benzene rings is 1. The summed E-state index contributed by atoms with van der Waals surface area (Å²) in [5.41, 5.74) is 12.1. The summed E-state index contributed by atoms with van der Waals surface area (Å²) in [5.74, 6) is 1.48. The Bertz CT molecular complexity index is 408. The molecule has 0 unspecified atom stereocenters. The standard InChI is InChI=1S/C16H25N/c1-10-6-11(2)13(12(3)7-10)8-14-15(9-17)16(14,4)5/h6-7,14-15H,8-9,17H2,1-5H3/t14-,15-/m1/s1. The first-order valence-electron chi connectivity index (χ1n) is 6.64. The summed E-state index contributed by atoms with van der Waals surface area (Å²) < 4.78 is 0. The fraction of sp³-hybridized carbons (Fsp3) is 0.625. The largest absolute Gasteiger partial charge is 0.330 e. The van der Waals surface area contributed by atoms with E-state index < -0.39 is 0 Å². The molecular formula is C16H25N.